The van der Waals surface area contributed by atoms with Crippen molar-refractivity contribution in [3.8, 4) is 0 Å². The monoisotopic (exact) mass is 423 g/mol. The second kappa shape index (κ2) is 10.5. The fourth-order valence-corrected chi connectivity index (χ4v) is 4.52. The smallest absolute Gasteiger partial charge is 0.225 e. The summed E-state index contributed by atoms with van der Waals surface area (Å²) >= 11 is 0. The SMILES string of the molecule is CCNC(=NCC(c1ccco1)N1CCCCC1)NCC1CC(=O)Nc2ccccc21. The zero-order valence-electron chi connectivity index (χ0n) is 18.3. The Morgan fingerprint density at radius 3 is 2.81 bits per heavy atom. The number of likely N-dealkylation sites (tertiary alicyclic amines) is 1. The van der Waals surface area contributed by atoms with Crippen molar-refractivity contribution < 1.29 is 9.21 Å². The summed E-state index contributed by atoms with van der Waals surface area (Å²) < 4.78 is 5.75. The molecule has 1 saturated heterocycles. The van der Waals surface area contributed by atoms with Crippen molar-refractivity contribution in [1.82, 2.24) is 15.5 Å². The van der Waals surface area contributed by atoms with E-state index in [1.54, 1.807) is 6.26 Å². The summed E-state index contributed by atoms with van der Waals surface area (Å²) in [5.74, 6) is 1.94. The second-order valence-electron chi connectivity index (χ2n) is 8.26. The summed E-state index contributed by atoms with van der Waals surface area (Å²) in [6.45, 7) is 6.30. The molecule has 2 aliphatic rings. The van der Waals surface area contributed by atoms with E-state index in [0.717, 1.165) is 37.0 Å². The van der Waals surface area contributed by atoms with E-state index in [9.17, 15) is 4.79 Å². The highest BCUT2D eigenvalue weighted by molar-refractivity contribution is 5.94. The summed E-state index contributed by atoms with van der Waals surface area (Å²) in [7, 11) is 0. The van der Waals surface area contributed by atoms with E-state index < -0.39 is 0 Å². The summed E-state index contributed by atoms with van der Waals surface area (Å²) in [6, 6.07) is 12.2. The normalized spacial score (nSPS) is 20.6. The predicted molar refractivity (Wildman–Crippen MR) is 123 cm³/mol. The molecule has 0 saturated carbocycles. The second-order valence-corrected chi connectivity index (χ2v) is 8.26. The van der Waals surface area contributed by atoms with Gasteiger partial charge in [-0.05, 0) is 56.6 Å². The zero-order valence-corrected chi connectivity index (χ0v) is 18.3. The first-order chi connectivity index (χ1) is 15.2. The number of guanidine groups is 1. The van der Waals surface area contributed by atoms with Crippen LogP contribution in [0.4, 0.5) is 5.69 Å². The average molecular weight is 424 g/mol. The number of hydrogen-bond donors (Lipinski definition) is 3. The Balaban J connectivity index is 1.44. The maximum atomic E-state index is 12.1. The van der Waals surface area contributed by atoms with Gasteiger partial charge in [-0.1, -0.05) is 24.6 Å². The van der Waals surface area contributed by atoms with Crippen LogP contribution in [0.1, 0.15) is 55.9 Å². The number of hydrogen-bond acceptors (Lipinski definition) is 4. The lowest BCUT2D eigenvalue weighted by Gasteiger charge is -2.32. The predicted octanol–water partition coefficient (Wildman–Crippen LogP) is 3.49. The van der Waals surface area contributed by atoms with Gasteiger partial charge in [-0.2, -0.15) is 0 Å². The van der Waals surface area contributed by atoms with Crippen molar-refractivity contribution in [2.75, 3.05) is 38.0 Å². The van der Waals surface area contributed by atoms with Gasteiger partial charge in [-0.15, -0.1) is 0 Å². The minimum atomic E-state index is 0.0652. The van der Waals surface area contributed by atoms with Gasteiger partial charge in [0.1, 0.15) is 5.76 Å². The summed E-state index contributed by atoms with van der Waals surface area (Å²) in [4.78, 5) is 19.5. The Morgan fingerprint density at radius 1 is 1.19 bits per heavy atom. The fraction of sp³-hybridized carbons (Fsp3) is 0.500. The number of rotatable bonds is 7. The number of piperidine rings is 1. The van der Waals surface area contributed by atoms with Crippen LogP contribution in [0.25, 0.3) is 0 Å². The molecule has 166 valence electrons. The molecule has 2 unspecified atom stereocenters. The highest BCUT2D eigenvalue weighted by atomic mass is 16.3. The highest BCUT2D eigenvalue weighted by Crippen LogP contribution is 2.31. The van der Waals surface area contributed by atoms with Gasteiger partial charge in [0.2, 0.25) is 5.91 Å². The summed E-state index contributed by atoms with van der Waals surface area (Å²) in [6.07, 6.45) is 5.97. The molecule has 1 amide bonds. The van der Waals surface area contributed by atoms with Crippen molar-refractivity contribution >= 4 is 17.6 Å². The van der Waals surface area contributed by atoms with Crippen LogP contribution in [-0.4, -0.2) is 49.5 Å². The van der Waals surface area contributed by atoms with Crippen LogP contribution in [0, 0.1) is 0 Å². The maximum Gasteiger partial charge on any atom is 0.225 e. The van der Waals surface area contributed by atoms with Crippen LogP contribution in [0.15, 0.2) is 52.1 Å². The minimum absolute atomic E-state index is 0.0652. The third-order valence-electron chi connectivity index (χ3n) is 6.09. The molecule has 1 aromatic heterocycles. The molecular weight excluding hydrogens is 390 g/mol. The van der Waals surface area contributed by atoms with Crippen molar-refractivity contribution in [3.05, 3.63) is 54.0 Å². The van der Waals surface area contributed by atoms with E-state index in [0.29, 0.717) is 19.5 Å². The Kier molecular flexibility index (Phi) is 7.25. The summed E-state index contributed by atoms with van der Waals surface area (Å²) in [5.41, 5.74) is 2.09. The first kappa shape index (κ1) is 21.4. The largest absolute Gasteiger partial charge is 0.468 e. The van der Waals surface area contributed by atoms with Crippen LogP contribution in [0.3, 0.4) is 0 Å². The highest BCUT2D eigenvalue weighted by Gasteiger charge is 2.26. The van der Waals surface area contributed by atoms with Crippen LogP contribution in [-0.2, 0) is 4.79 Å². The number of amides is 1. The molecule has 7 nitrogen and oxygen atoms in total. The molecule has 3 N–H and O–H groups in total. The number of furan rings is 1. The van der Waals surface area contributed by atoms with Gasteiger partial charge in [0.25, 0.3) is 0 Å². The molecule has 2 aromatic rings. The van der Waals surface area contributed by atoms with Crippen molar-refractivity contribution in [1.29, 1.82) is 0 Å². The Morgan fingerprint density at radius 2 is 2.03 bits per heavy atom. The molecule has 3 heterocycles. The van der Waals surface area contributed by atoms with Crippen molar-refractivity contribution in [2.45, 2.75) is 44.6 Å². The Labute approximate surface area is 184 Å². The first-order valence-corrected chi connectivity index (χ1v) is 11.4. The van der Waals surface area contributed by atoms with Crippen LogP contribution < -0.4 is 16.0 Å². The average Bonchev–Trinajstić information content (AvgIpc) is 3.32. The minimum Gasteiger partial charge on any atom is -0.468 e. The van der Waals surface area contributed by atoms with E-state index in [-0.39, 0.29) is 17.9 Å². The van der Waals surface area contributed by atoms with Gasteiger partial charge in [0.15, 0.2) is 5.96 Å². The fourth-order valence-electron chi connectivity index (χ4n) is 4.52. The number of carbonyl (C=O) groups excluding carboxylic acids is 1. The lowest BCUT2D eigenvalue weighted by Crippen LogP contribution is -2.41. The van der Waals surface area contributed by atoms with E-state index in [1.807, 2.05) is 30.3 Å². The molecule has 2 atom stereocenters. The van der Waals surface area contributed by atoms with Crippen LogP contribution in [0.5, 0.6) is 0 Å². The van der Waals surface area contributed by atoms with E-state index in [2.05, 4.69) is 33.8 Å². The Hall–Kier alpha value is -2.80. The quantitative estimate of drug-likeness (QED) is 0.469. The van der Waals surface area contributed by atoms with E-state index in [1.165, 1.54) is 24.8 Å². The van der Waals surface area contributed by atoms with E-state index >= 15 is 0 Å². The standard InChI is InChI=1S/C24H33N5O2/c1-2-25-24(26-16-18-15-23(30)28-20-10-5-4-9-19(18)20)27-17-21(22-11-8-14-31-22)29-12-6-3-7-13-29/h4-5,8-11,14,18,21H,2-3,6-7,12-13,15-17H2,1H3,(H,28,30)(H2,25,26,27). The van der Waals surface area contributed by atoms with Crippen LogP contribution in [0.2, 0.25) is 0 Å². The first-order valence-electron chi connectivity index (χ1n) is 11.4. The number of benzene rings is 1. The Bertz CT molecular complexity index is 874. The number of fused-ring (bicyclic) bond motifs is 1. The zero-order chi connectivity index (χ0) is 21.5. The van der Waals surface area contributed by atoms with Gasteiger partial charge < -0.3 is 20.4 Å². The maximum absolute atomic E-state index is 12.1. The molecule has 31 heavy (non-hydrogen) atoms. The number of nitrogens with zero attached hydrogens (tertiary/aromatic N) is 2. The molecule has 0 radical (unpaired) electrons. The molecule has 7 heteroatoms. The molecular formula is C24H33N5O2. The van der Waals surface area contributed by atoms with Gasteiger partial charge in [-0.3, -0.25) is 14.7 Å². The third kappa shape index (κ3) is 5.47. The molecule has 0 spiro atoms. The molecule has 1 aromatic carbocycles. The van der Waals surface area contributed by atoms with Gasteiger partial charge >= 0.3 is 0 Å². The topological polar surface area (TPSA) is 81.9 Å². The van der Waals surface area contributed by atoms with Crippen molar-refractivity contribution in [2.24, 2.45) is 4.99 Å². The van der Waals surface area contributed by atoms with Gasteiger partial charge in [0, 0.05) is 31.1 Å². The molecule has 0 bridgehead atoms. The molecule has 2 aliphatic heterocycles. The number of aliphatic imine (C=N–C) groups is 1. The number of carbonyl (C=O) groups is 1. The van der Waals surface area contributed by atoms with Crippen molar-refractivity contribution in [3.63, 3.8) is 0 Å². The summed E-state index contributed by atoms with van der Waals surface area (Å²) in [5, 5.41) is 9.78. The molecule has 0 aliphatic carbocycles. The van der Waals surface area contributed by atoms with E-state index in [4.69, 9.17) is 9.41 Å². The number of nitrogens with one attached hydrogen (secondary N) is 3. The van der Waals surface area contributed by atoms with Gasteiger partial charge in [0.05, 0.1) is 18.8 Å². The number of para-hydroxylation sites is 1. The lowest BCUT2D eigenvalue weighted by molar-refractivity contribution is -0.116. The molecule has 4 rings (SSSR count). The molecule has 1 fully saturated rings. The lowest BCUT2D eigenvalue weighted by atomic mass is 9.90. The van der Waals surface area contributed by atoms with Crippen LogP contribution >= 0.6 is 0 Å². The number of anilines is 1. The van der Waals surface area contributed by atoms with Gasteiger partial charge in [-0.25, -0.2) is 0 Å². The third-order valence-corrected chi connectivity index (χ3v) is 6.09.